The molecule has 1 N–H and O–H groups in total. The summed E-state index contributed by atoms with van der Waals surface area (Å²) >= 11 is 0. The van der Waals surface area contributed by atoms with Crippen molar-refractivity contribution in [3.63, 3.8) is 0 Å². The molecule has 0 unspecified atom stereocenters. The highest BCUT2D eigenvalue weighted by atomic mass is 19.1. The van der Waals surface area contributed by atoms with E-state index in [2.05, 4.69) is 43.3 Å². The fraction of sp³-hybridized carbons (Fsp3) is 0.308. The van der Waals surface area contributed by atoms with E-state index in [0.29, 0.717) is 0 Å². The molecule has 0 saturated heterocycles. The second-order valence-electron chi connectivity index (χ2n) is 7.83. The second-order valence-corrected chi connectivity index (χ2v) is 7.83. The highest BCUT2D eigenvalue weighted by Crippen LogP contribution is 2.39. The molecule has 4 rings (SSSR count). The first-order valence-corrected chi connectivity index (χ1v) is 10.5. The number of fused-ring (bicyclic) bond motifs is 3. The fourth-order valence-corrected chi connectivity index (χ4v) is 4.02. The summed E-state index contributed by atoms with van der Waals surface area (Å²) in [5, 5.41) is 9.33. The number of phenolic OH excluding ortho intramolecular Hbond substituents is 1. The van der Waals surface area contributed by atoms with Crippen molar-refractivity contribution in [2.75, 3.05) is 6.61 Å². The molecule has 1 aliphatic carbocycles. The number of phenols is 1. The van der Waals surface area contributed by atoms with E-state index in [9.17, 15) is 9.50 Å². The van der Waals surface area contributed by atoms with E-state index in [1.54, 1.807) is 6.07 Å². The Morgan fingerprint density at radius 1 is 0.862 bits per heavy atom. The lowest BCUT2D eigenvalue weighted by atomic mass is 9.99. The van der Waals surface area contributed by atoms with E-state index < -0.39 is 5.82 Å². The first-order valence-electron chi connectivity index (χ1n) is 10.5. The van der Waals surface area contributed by atoms with E-state index in [4.69, 9.17) is 4.74 Å². The molecule has 1 aliphatic rings. The van der Waals surface area contributed by atoms with Crippen LogP contribution in [0.3, 0.4) is 0 Å². The van der Waals surface area contributed by atoms with Crippen LogP contribution in [0, 0.1) is 5.82 Å². The molecule has 150 valence electrons. The zero-order chi connectivity index (χ0) is 20.2. The SMILES string of the molecule is CCCCCOc1ccc2c(c1)Cc1cc(CCc3ccc(O)c(F)c3)ccc1-2. The maximum absolute atomic E-state index is 13.5. The van der Waals surface area contributed by atoms with Crippen LogP contribution in [0.25, 0.3) is 11.1 Å². The number of ether oxygens (including phenoxy) is 1. The minimum atomic E-state index is -0.556. The number of unbranched alkanes of at least 4 members (excludes halogenated alkanes) is 2. The number of aryl methyl sites for hydroxylation is 2. The Kier molecular flexibility index (Phi) is 5.84. The van der Waals surface area contributed by atoms with Crippen LogP contribution in [-0.2, 0) is 19.3 Å². The number of halogens is 1. The van der Waals surface area contributed by atoms with Crippen LogP contribution in [0.2, 0.25) is 0 Å². The van der Waals surface area contributed by atoms with E-state index in [1.165, 1.54) is 52.8 Å². The Bertz CT molecular complexity index is 1010. The van der Waals surface area contributed by atoms with Gasteiger partial charge in [0.15, 0.2) is 11.6 Å². The molecule has 3 aromatic carbocycles. The van der Waals surface area contributed by atoms with Gasteiger partial charge in [-0.15, -0.1) is 0 Å². The number of hydrogen-bond acceptors (Lipinski definition) is 2. The van der Waals surface area contributed by atoms with Gasteiger partial charge >= 0.3 is 0 Å². The summed E-state index contributed by atoms with van der Waals surface area (Å²) in [6, 6.07) is 17.7. The van der Waals surface area contributed by atoms with Crippen molar-refractivity contribution in [2.45, 2.75) is 45.4 Å². The van der Waals surface area contributed by atoms with Gasteiger partial charge < -0.3 is 9.84 Å². The maximum atomic E-state index is 13.5. The lowest BCUT2D eigenvalue weighted by molar-refractivity contribution is 0.306. The number of aromatic hydroxyl groups is 1. The van der Waals surface area contributed by atoms with Crippen molar-refractivity contribution in [1.82, 2.24) is 0 Å². The van der Waals surface area contributed by atoms with Gasteiger partial charge in [0.2, 0.25) is 0 Å². The van der Waals surface area contributed by atoms with Crippen molar-refractivity contribution < 1.29 is 14.2 Å². The summed E-state index contributed by atoms with van der Waals surface area (Å²) in [6.07, 6.45) is 6.03. The molecule has 0 saturated carbocycles. The molecule has 0 aromatic heterocycles. The maximum Gasteiger partial charge on any atom is 0.165 e. The average Bonchev–Trinajstić information content (AvgIpc) is 3.09. The lowest BCUT2D eigenvalue weighted by Crippen LogP contribution is -1.97. The van der Waals surface area contributed by atoms with E-state index in [1.807, 2.05) is 0 Å². The molecule has 0 radical (unpaired) electrons. The monoisotopic (exact) mass is 390 g/mol. The molecule has 3 aromatic rings. The van der Waals surface area contributed by atoms with Gasteiger partial charge in [-0.1, -0.05) is 50.1 Å². The van der Waals surface area contributed by atoms with Crippen LogP contribution in [0.5, 0.6) is 11.5 Å². The van der Waals surface area contributed by atoms with Crippen molar-refractivity contribution in [3.8, 4) is 22.6 Å². The molecule has 0 spiro atoms. The third-order valence-electron chi connectivity index (χ3n) is 5.65. The van der Waals surface area contributed by atoms with Gasteiger partial charge in [0.25, 0.3) is 0 Å². The van der Waals surface area contributed by atoms with Crippen LogP contribution < -0.4 is 4.74 Å². The Labute approximate surface area is 172 Å². The van der Waals surface area contributed by atoms with Crippen molar-refractivity contribution >= 4 is 0 Å². The summed E-state index contributed by atoms with van der Waals surface area (Å²) in [5.41, 5.74) is 7.42. The quantitative estimate of drug-likeness (QED) is 0.350. The molecule has 0 aliphatic heterocycles. The molecule has 0 fully saturated rings. The third kappa shape index (κ3) is 4.45. The Balaban J connectivity index is 1.42. The smallest absolute Gasteiger partial charge is 0.165 e. The number of benzene rings is 3. The van der Waals surface area contributed by atoms with Crippen molar-refractivity contribution in [3.05, 3.63) is 82.7 Å². The molecular formula is C26H27FO2. The Morgan fingerprint density at radius 2 is 1.55 bits per heavy atom. The molecule has 0 bridgehead atoms. The van der Waals surface area contributed by atoms with Gasteiger partial charge in [-0.2, -0.15) is 0 Å². The molecular weight excluding hydrogens is 363 g/mol. The Hall–Kier alpha value is -2.81. The molecule has 0 heterocycles. The first-order chi connectivity index (χ1) is 14.1. The van der Waals surface area contributed by atoms with E-state index >= 15 is 0 Å². The van der Waals surface area contributed by atoms with E-state index in [-0.39, 0.29) is 5.75 Å². The second kappa shape index (κ2) is 8.69. The fourth-order valence-electron chi connectivity index (χ4n) is 4.02. The van der Waals surface area contributed by atoms with Crippen LogP contribution in [0.4, 0.5) is 4.39 Å². The van der Waals surface area contributed by atoms with Gasteiger partial charge in [0.05, 0.1) is 6.61 Å². The zero-order valence-electron chi connectivity index (χ0n) is 16.9. The molecule has 0 amide bonds. The standard InChI is InChI=1S/C26H27FO2/c1-2-3-4-13-29-22-9-11-24-21(17-22)16-20-14-18(7-10-23(20)24)5-6-19-8-12-26(28)25(27)15-19/h7-12,14-15,17,28H,2-6,13,16H2,1H3. The van der Waals surface area contributed by atoms with Gasteiger partial charge in [-0.05, 0) is 83.3 Å². The van der Waals surface area contributed by atoms with Crippen LogP contribution in [0.15, 0.2) is 54.6 Å². The molecule has 3 heteroatoms. The summed E-state index contributed by atoms with van der Waals surface area (Å²) in [6.45, 7) is 2.98. The summed E-state index contributed by atoms with van der Waals surface area (Å²) < 4.78 is 19.4. The summed E-state index contributed by atoms with van der Waals surface area (Å²) in [5.74, 6) is 0.111. The topological polar surface area (TPSA) is 29.5 Å². The van der Waals surface area contributed by atoms with E-state index in [0.717, 1.165) is 43.6 Å². The van der Waals surface area contributed by atoms with Crippen molar-refractivity contribution in [1.29, 1.82) is 0 Å². The normalized spacial score (nSPS) is 11.9. The minimum absolute atomic E-state index is 0.294. The zero-order valence-corrected chi connectivity index (χ0v) is 16.9. The highest BCUT2D eigenvalue weighted by Gasteiger charge is 2.19. The summed E-state index contributed by atoms with van der Waals surface area (Å²) in [7, 11) is 0. The average molecular weight is 390 g/mol. The number of hydrogen-bond donors (Lipinski definition) is 1. The number of rotatable bonds is 8. The molecule has 2 nitrogen and oxygen atoms in total. The largest absolute Gasteiger partial charge is 0.505 e. The van der Waals surface area contributed by atoms with Crippen LogP contribution in [0.1, 0.15) is 48.4 Å². The van der Waals surface area contributed by atoms with Gasteiger partial charge in [0, 0.05) is 0 Å². The highest BCUT2D eigenvalue weighted by molar-refractivity contribution is 5.77. The third-order valence-corrected chi connectivity index (χ3v) is 5.65. The molecule has 0 atom stereocenters. The van der Waals surface area contributed by atoms with Crippen molar-refractivity contribution in [2.24, 2.45) is 0 Å². The molecule has 29 heavy (non-hydrogen) atoms. The minimum Gasteiger partial charge on any atom is -0.505 e. The van der Waals surface area contributed by atoms with Gasteiger partial charge in [-0.25, -0.2) is 4.39 Å². The van der Waals surface area contributed by atoms with Gasteiger partial charge in [-0.3, -0.25) is 0 Å². The first kappa shape index (κ1) is 19.5. The van der Waals surface area contributed by atoms with Crippen LogP contribution >= 0.6 is 0 Å². The summed E-state index contributed by atoms with van der Waals surface area (Å²) in [4.78, 5) is 0. The Morgan fingerprint density at radius 3 is 2.31 bits per heavy atom. The van der Waals surface area contributed by atoms with Gasteiger partial charge in [0.1, 0.15) is 5.75 Å². The lowest BCUT2D eigenvalue weighted by Gasteiger charge is -2.08. The van der Waals surface area contributed by atoms with Crippen LogP contribution in [-0.4, -0.2) is 11.7 Å². The predicted octanol–water partition coefficient (Wildman–Crippen LogP) is 6.46. The predicted molar refractivity (Wildman–Crippen MR) is 115 cm³/mol.